The minimum absolute atomic E-state index is 0.00193. The number of hydrogen-bond acceptors (Lipinski definition) is 31. The predicted octanol–water partition coefficient (Wildman–Crippen LogP) is 18.3. The van der Waals surface area contributed by atoms with E-state index in [9.17, 15) is 55.9 Å². The van der Waals surface area contributed by atoms with Gasteiger partial charge in [-0.3, -0.25) is 9.59 Å². The summed E-state index contributed by atoms with van der Waals surface area (Å²) < 4.78 is 108. The van der Waals surface area contributed by atoms with Gasteiger partial charge in [-0.05, 0) is 282 Å². The van der Waals surface area contributed by atoms with Gasteiger partial charge in [0.15, 0.2) is 0 Å². The van der Waals surface area contributed by atoms with Crippen LogP contribution < -0.4 is 38.4 Å². The van der Waals surface area contributed by atoms with Gasteiger partial charge >= 0.3 is 0 Å². The molecule has 0 bridgehead atoms. The van der Waals surface area contributed by atoms with Crippen LogP contribution in [0.3, 0.4) is 0 Å². The normalized spacial score (nSPS) is 17.9. The molecule has 0 unspecified atom stereocenters. The number of Topliss-reactive ketones (excluding diaryl/α,β-unsaturated/α-hetero) is 1. The van der Waals surface area contributed by atoms with Crippen molar-refractivity contribution >= 4 is 87.1 Å². The number of rotatable bonds is 33. The molecule has 1 amide bonds. The summed E-state index contributed by atoms with van der Waals surface area (Å²) in [5.41, 5.74) is 17.8. The molecule has 4 aromatic heterocycles. The summed E-state index contributed by atoms with van der Waals surface area (Å²) in [5.74, 6) is 3.02. The van der Waals surface area contributed by atoms with Gasteiger partial charge in [-0.1, -0.05) is 132 Å². The topological polar surface area (TPSA) is 430 Å². The minimum Gasteiger partial charge on any atom is -0.490 e. The number of carbonyl (C=O) groups excluding carboxylic acids is 2. The van der Waals surface area contributed by atoms with E-state index >= 15 is 0 Å². The number of fused-ring (bicyclic) bond motifs is 4. The second kappa shape index (κ2) is 47.2. The fraction of sp³-hybridized carbons (Fsp3) is 0.421. The maximum Gasteiger partial charge on any atom is 0.236 e. The van der Waals surface area contributed by atoms with E-state index in [1.165, 1.54) is 63.4 Å². The molecular weight excluding hydrogens is 1970 g/mol. The first-order chi connectivity index (χ1) is 69.6. The zero-order valence-electron chi connectivity index (χ0n) is 83.1. The highest BCUT2D eigenvalue weighted by Gasteiger charge is 2.37. The lowest BCUT2D eigenvalue weighted by molar-refractivity contribution is -0.129. The fourth-order valence-electron chi connectivity index (χ4n) is 19.5. The molecule has 145 heavy (non-hydrogen) atoms. The molecule has 0 saturated carbocycles. The number of likely N-dealkylation sites (tertiary alicyclic amines) is 3. The molecule has 0 spiro atoms. The van der Waals surface area contributed by atoms with Crippen molar-refractivity contribution in [1.29, 1.82) is 21.0 Å². The number of hydrogen-bond donors (Lipinski definition) is 4. The van der Waals surface area contributed by atoms with Crippen molar-refractivity contribution in [2.45, 2.75) is 202 Å². The van der Waals surface area contributed by atoms with Crippen molar-refractivity contribution in [3.8, 4) is 132 Å². The predicted molar refractivity (Wildman–Crippen MR) is 565 cm³/mol. The van der Waals surface area contributed by atoms with Crippen LogP contribution in [0, 0.1) is 57.2 Å². The third-order valence-electron chi connectivity index (χ3n) is 26.2. The van der Waals surface area contributed by atoms with Gasteiger partial charge < -0.3 is 39.0 Å². The summed E-state index contributed by atoms with van der Waals surface area (Å²) >= 11 is 5.87. The first kappa shape index (κ1) is 106. The first-order valence-electron chi connectivity index (χ1n) is 49.3. The van der Waals surface area contributed by atoms with E-state index in [1.807, 2.05) is 151 Å². The Morgan fingerprint density at radius 3 is 0.945 bits per heavy atom. The third kappa shape index (κ3) is 26.5. The maximum atomic E-state index is 12.9. The Labute approximate surface area is 864 Å². The van der Waals surface area contributed by atoms with Gasteiger partial charge in [0.1, 0.15) is 98.9 Å². The van der Waals surface area contributed by atoms with Crippen molar-refractivity contribution in [3.63, 3.8) is 0 Å². The van der Waals surface area contributed by atoms with Crippen molar-refractivity contribution in [2.24, 2.45) is 11.8 Å². The third-order valence-corrected chi connectivity index (χ3v) is 34.4. The largest absolute Gasteiger partial charge is 0.490 e. The number of carbonyl (C=O) groups is 2. The van der Waals surface area contributed by atoms with Gasteiger partial charge in [-0.15, -0.1) is 40.8 Å². The van der Waals surface area contributed by atoms with E-state index < -0.39 is 41.6 Å². The van der Waals surface area contributed by atoms with Crippen LogP contribution in [0.25, 0.3) is 84.6 Å². The second-order valence-corrected chi connectivity index (χ2v) is 48.2. The molecule has 12 aromatic rings. The summed E-state index contributed by atoms with van der Waals surface area (Å²) in [6.45, 7) is 28.3. The molecule has 19 rings (SSSR count). The van der Waals surface area contributed by atoms with Crippen molar-refractivity contribution in [2.75, 3.05) is 76.2 Å². The molecule has 38 heteroatoms. The highest BCUT2D eigenvalue weighted by atomic mass is 32.2. The first-order valence-corrected chi connectivity index (χ1v) is 57.5. The lowest BCUT2D eigenvalue weighted by atomic mass is 10.0. The van der Waals surface area contributed by atoms with Gasteiger partial charge in [0.05, 0.1) is 64.7 Å². The average Bonchev–Trinajstić information content (AvgIpc) is 1.68. The van der Waals surface area contributed by atoms with Gasteiger partial charge in [0.2, 0.25) is 36.0 Å². The standard InChI is InChI=1S/2C28H33N5O3S2.C27H29N5O2S.C24H24N4O4S2/c2*1-18(2)36-26-10-7-20(15-21(26)16-29)27-30-31-28(37-27)24-6-4-5-23-22(24)8-9-25(23)32-38(34,35)14-13-33-12-11-19(3)17-33;1-17(2)34-24-11-8-18(14-19(24)15-28)26-30-31-27(35-26)22-7-5-6-21-20(22)9-10-23(21)29-16-25(33)32-12-3-4-13-32;1-14(2)32-22-10-7-16(11-17(22)12-25)23-26-27-24(33-23)20-6-4-5-19-18(20)8-9-21(19)28-34(30,31)13-15(3)29/h2*4-7,10,15,18-19,25,32H,8-9,11-14,17H2,1-3H3;5-8,11,14,17,23,29H,3-4,9-10,12-13,16H2,1-2H3;4-7,10-11,14,21,28H,8-9,13H2,1-3H3/t19-,25+;19-,25-;23-;21-/m1110/s1. The van der Waals surface area contributed by atoms with E-state index in [4.69, 9.17) is 18.9 Å². The Morgan fingerprint density at radius 2 is 0.669 bits per heavy atom. The highest BCUT2D eigenvalue weighted by molar-refractivity contribution is 7.90. The molecule has 6 atom stereocenters. The lowest BCUT2D eigenvalue weighted by Gasteiger charge is -2.19. The zero-order valence-corrected chi connectivity index (χ0v) is 88.8. The molecular formula is C107H119N19O12S7. The van der Waals surface area contributed by atoms with Gasteiger partial charge in [0, 0.05) is 108 Å². The van der Waals surface area contributed by atoms with E-state index in [1.54, 1.807) is 36.4 Å². The van der Waals surface area contributed by atoms with Crippen LogP contribution >= 0.6 is 45.3 Å². The fourth-order valence-corrected chi connectivity index (χ4v) is 27.0. The van der Waals surface area contributed by atoms with E-state index in [-0.39, 0.29) is 66.0 Å². The molecule has 7 aliphatic rings. The Hall–Kier alpha value is -12.1. The van der Waals surface area contributed by atoms with Gasteiger partial charge in [-0.2, -0.15) is 21.0 Å². The molecule has 3 aliphatic heterocycles. The number of nitriles is 4. The van der Waals surface area contributed by atoms with Gasteiger partial charge in [0.25, 0.3) is 0 Å². The molecule has 31 nitrogen and oxygen atoms in total. The average molecular weight is 2090 g/mol. The number of aromatic nitrogens is 8. The molecule has 756 valence electrons. The molecule has 4 aliphatic carbocycles. The summed E-state index contributed by atoms with van der Waals surface area (Å²) in [7, 11) is -10.5. The number of nitrogens with one attached hydrogen (secondary N) is 4. The molecule has 0 radical (unpaired) electrons. The summed E-state index contributed by atoms with van der Waals surface area (Å²) in [4.78, 5) is 30.2. The quantitative estimate of drug-likeness (QED) is 0.0297. The van der Waals surface area contributed by atoms with Crippen LogP contribution in [0.2, 0.25) is 0 Å². The van der Waals surface area contributed by atoms with Crippen LogP contribution in [-0.4, -0.2) is 193 Å². The Morgan fingerprint density at radius 1 is 0.386 bits per heavy atom. The van der Waals surface area contributed by atoms with E-state index in [2.05, 4.69) is 126 Å². The SMILES string of the molecule is CC(=O)CS(=O)(=O)N[C@H]1CCc2c(-c3nnc(-c4ccc(OC(C)C)c(C#N)c4)s3)cccc21.CC(C)Oc1ccc(-c2nnc(-c3cccc4c3CC[C@@H]4NS(=O)(=O)CCN3CC[C@@H](C)C3)s2)cc1C#N.CC(C)Oc1ccc(-c2nnc(-c3cccc4c3CC[C@H]4NCC(=O)N3CCCC3)s2)cc1C#N.CC(C)Oc1ccc(-c2nnc(-c3cccc4c3CC[C@H]4NS(=O)(=O)CCN3CC[C@@H](C)C3)s2)cc1C#N. The number of nitrogens with zero attached hydrogens (tertiary/aromatic N) is 15. The number of ketones is 1. The smallest absolute Gasteiger partial charge is 0.236 e. The summed E-state index contributed by atoms with van der Waals surface area (Å²) in [6.07, 6.45) is 10.6. The van der Waals surface area contributed by atoms with Crippen LogP contribution in [-0.2, 0) is 65.3 Å². The minimum atomic E-state index is -3.70. The van der Waals surface area contributed by atoms with Gasteiger partial charge in [-0.25, -0.2) is 39.4 Å². The van der Waals surface area contributed by atoms with Crippen molar-refractivity contribution in [3.05, 3.63) is 212 Å². The van der Waals surface area contributed by atoms with E-state index in [0.717, 1.165) is 216 Å². The number of ether oxygens (including phenoxy) is 4. The molecule has 7 heterocycles. The maximum absolute atomic E-state index is 12.9. The van der Waals surface area contributed by atoms with Crippen molar-refractivity contribution in [1.82, 2.24) is 75.0 Å². The molecule has 4 N–H and O–H groups in total. The van der Waals surface area contributed by atoms with Crippen LogP contribution in [0.1, 0.15) is 218 Å². The zero-order chi connectivity index (χ0) is 103. The molecule has 3 fully saturated rings. The monoisotopic (exact) mass is 2090 g/mol. The molecule has 8 aromatic carbocycles. The van der Waals surface area contributed by atoms with Crippen LogP contribution in [0.15, 0.2) is 146 Å². The lowest BCUT2D eigenvalue weighted by Crippen LogP contribution is -2.37. The summed E-state index contributed by atoms with van der Waals surface area (Å²) in [5, 5.41) is 83.1. The highest BCUT2D eigenvalue weighted by Crippen LogP contribution is 2.47. The number of amides is 1. The Bertz CT molecular complexity index is 7070. The Balaban J connectivity index is 0.000000139. The summed E-state index contributed by atoms with van der Waals surface area (Å²) in [6, 6.07) is 54.1. The molecule has 3 saturated heterocycles. The van der Waals surface area contributed by atoms with Crippen LogP contribution in [0.5, 0.6) is 23.0 Å². The van der Waals surface area contributed by atoms with Crippen LogP contribution in [0.4, 0.5) is 0 Å². The van der Waals surface area contributed by atoms with Crippen molar-refractivity contribution < 1.29 is 53.8 Å². The number of benzene rings is 8. The Kier molecular flexibility index (Phi) is 34.4. The number of sulfonamides is 3. The second-order valence-electron chi connectivity index (χ2n) is 38.8. The van der Waals surface area contributed by atoms with E-state index in [0.29, 0.717) is 94.6 Å².